The molecule has 130 valence electrons. The molecular weight excluding hydrogens is 300 g/mol. The van der Waals surface area contributed by atoms with Crippen molar-refractivity contribution in [2.24, 2.45) is 20.0 Å². The van der Waals surface area contributed by atoms with Gasteiger partial charge in [-0.1, -0.05) is 0 Å². The summed E-state index contributed by atoms with van der Waals surface area (Å²) in [5.41, 5.74) is 2.61. The number of hydrogen-bond donors (Lipinski definition) is 1. The molecule has 2 atom stereocenters. The van der Waals surface area contributed by atoms with Crippen LogP contribution in [-0.2, 0) is 20.6 Å². The second kappa shape index (κ2) is 6.69. The summed E-state index contributed by atoms with van der Waals surface area (Å²) < 4.78 is 4.16. The minimum absolute atomic E-state index is 0.498. The number of nitrogens with one attached hydrogen (secondary N) is 1. The Morgan fingerprint density at radius 1 is 1.25 bits per heavy atom. The summed E-state index contributed by atoms with van der Waals surface area (Å²) in [7, 11) is 4.13. The zero-order valence-corrected chi connectivity index (χ0v) is 14.7. The topological polar surface area (TPSA) is 50.9 Å². The Labute approximate surface area is 143 Å². The number of piperidine rings is 1. The molecule has 0 spiro atoms. The molecule has 24 heavy (non-hydrogen) atoms. The van der Waals surface area contributed by atoms with Gasteiger partial charge in [0.25, 0.3) is 0 Å². The molecule has 2 aromatic rings. The van der Waals surface area contributed by atoms with E-state index in [4.69, 9.17) is 0 Å². The second-order valence-corrected chi connectivity index (χ2v) is 7.32. The Morgan fingerprint density at radius 3 is 2.79 bits per heavy atom. The highest BCUT2D eigenvalue weighted by Crippen LogP contribution is 2.42. The van der Waals surface area contributed by atoms with Gasteiger partial charge in [0.1, 0.15) is 0 Å². The number of nitrogens with zero attached hydrogens (tertiary/aromatic N) is 5. The highest BCUT2D eigenvalue weighted by molar-refractivity contribution is 5.12. The molecule has 2 aliphatic rings. The lowest BCUT2D eigenvalue weighted by molar-refractivity contribution is 0.0776. The zero-order valence-electron chi connectivity index (χ0n) is 14.7. The van der Waals surface area contributed by atoms with Crippen molar-refractivity contribution in [3.05, 3.63) is 36.2 Å². The van der Waals surface area contributed by atoms with Crippen molar-refractivity contribution in [1.29, 1.82) is 0 Å². The van der Waals surface area contributed by atoms with Gasteiger partial charge in [-0.25, -0.2) is 4.98 Å². The summed E-state index contributed by atoms with van der Waals surface area (Å²) in [4.78, 5) is 6.95. The molecule has 3 heterocycles. The van der Waals surface area contributed by atoms with E-state index in [1.54, 1.807) is 0 Å². The Kier molecular flexibility index (Phi) is 4.41. The van der Waals surface area contributed by atoms with E-state index in [0.29, 0.717) is 12.0 Å². The molecule has 1 saturated heterocycles. The zero-order chi connectivity index (χ0) is 16.5. The smallest absolute Gasteiger partial charge is 0.0945 e. The molecule has 6 nitrogen and oxygen atoms in total. The Bertz CT molecular complexity index is 671. The lowest BCUT2D eigenvalue weighted by Gasteiger charge is -2.42. The van der Waals surface area contributed by atoms with Crippen molar-refractivity contribution < 1.29 is 0 Å². The van der Waals surface area contributed by atoms with Crippen LogP contribution in [0.15, 0.2) is 24.8 Å². The minimum Gasteiger partial charge on any atom is -0.337 e. The molecule has 1 aliphatic carbocycles. The van der Waals surface area contributed by atoms with Crippen molar-refractivity contribution in [2.75, 3.05) is 13.1 Å². The fraction of sp³-hybridized carbons (Fsp3) is 0.667. The summed E-state index contributed by atoms with van der Waals surface area (Å²) in [5, 5.41) is 8.10. The first-order valence-corrected chi connectivity index (χ1v) is 9.13. The molecule has 4 rings (SSSR count). The summed E-state index contributed by atoms with van der Waals surface area (Å²) in [5.74, 6) is 0.642. The van der Waals surface area contributed by atoms with Crippen LogP contribution in [0.1, 0.15) is 43.1 Å². The average Bonchev–Trinajstić information content (AvgIpc) is 3.23. The predicted molar refractivity (Wildman–Crippen MR) is 93.3 cm³/mol. The Hall–Kier alpha value is -1.66. The fourth-order valence-electron chi connectivity index (χ4n) is 4.16. The van der Waals surface area contributed by atoms with E-state index in [1.807, 2.05) is 18.7 Å². The van der Waals surface area contributed by atoms with Gasteiger partial charge in [0.15, 0.2) is 0 Å². The first-order valence-electron chi connectivity index (χ1n) is 9.13. The van der Waals surface area contributed by atoms with Gasteiger partial charge in [-0.3, -0.25) is 9.58 Å². The molecule has 2 fully saturated rings. The summed E-state index contributed by atoms with van der Waals surface area (Å²) in [6, 6.07) is 3.50. The SMILES string of the molecule is Cn1cncc1CNC[C@@H]1CCCN(C2CC2)[C@H]1c1ccnn1C. The first-order chi connectivity index (χ1) is 11.7. The van der Waals surface area contributed by atoms with E-state index < -0.39 is 0 Å². The minimum atomic E-state index is 0.498. The van der Waals surface area contributed by atoms with Crippen LogP contribution >= 0.6 is 0 Å². The predicted octanol–water partition coefficient (Wildman–Crippen LogP) is 1.86. The van der Waals surface area contributed by atoms with Crippen LogP contribution in [0.4, 0.5) is 0 Å². The monoisotopic (exact) mass is 328 g/mol. The van der Waals surface area contributed by atoms with Crippen LogP contribution in [0.5, 0.6) is 0 Å². The van der Waals surface area contributed by atoms with Crippen LogP contribution in [0.2, 0.25) is 0 Å². The van der Waals surface area contributed by atoms with Gasteiger partial charge >= 0.3 is 0 Å². The largest absolute Gasteiger partial charge is 0.337 e. The van der Waals surface area contributed by atoms with Gasteiger partial charge in [0, 0.05) is 45.6 Å². The number of aromatic nitrogens is 4. The number of imidazole rings is 1. The van der Waals surface area contributed by atoms with Crippen LogP contribution < -0.4 is 5.32 Å². The second-order valence-electron chi connectivity index (χ2n) is 7.32. The maximum Gasteiger partial charge on any atom is 0.0945 e. The van der Waals surface area contributed by atoms with E-state index in [1.165, 1.54) is 43.6 Å². The molecule has 1 N–H and O–H groups in total. The van der Waals surface area contributed by atoms with Gasteiger partial charge < -0.3 is 9.88 Å². The van der Waals surface area contributed by atoms with Crippen LogP contribution in [-0.4, -0.2) is 43.4 Å². The molecule has 0 radical (unpaired) electrons. The molecule has 2 aromatic heterocycles. The standard InChI is InChI=1S/C18H28N6/c1-22-13-20-12-16(22)11-19-10-14-4-3-9-24(15-5-6-15)18(14)17-7-8-21-23(17)2/h7-8,12-15,18-19H,3-6,9-11H2,1-2H3/t14-,18+/m0/s1. The highest BCUT2D eigenvalue weighted by atomic mass is 15.3. The van der Waals surface area contributed by atoms with E-state index in [0.717, 1.165) is 19.1 Å². The van der Waals surface area contributed by atoms with Gasteiger partial charge in [-0.05, 0) is 44.2 Å². The third-order valence-corrected chi connectivity index (χ3v) is 5.60. The molecule has 0 aromatic carbocycles. The van der Waals surface area contributed by atoms with E-state index in [9.17, 15) is 0 Å². The van der Waals surface area contributed by atoms with Gasteiger partial charge in [-0.2, -0.15) is 5.10 Å². The molecule has 0 bridgehead atoms. The van der Waals surface area contributed by atoms with E-state index in [2.05, 4.69) is 49.7 Å². The summed E-state index contributed by atoms with van der Waals surface area (Å²) >= 11 is 0. The average molecular weight is 328 g/mol. The van der Waals surface area contributed by atoms with Crippen LogP contribution in [0.25, 0.3) is 0 Å². The van der Waals surface area contributed by atoms with Crippen molar-refractivity contribution >= 4 is 0 Å². The van der Waals surface area contributed by atoms with E-state index >= 15 is 0 Å². The Balaban J connectivity index is 1.47. The molecule has 0 amide bonds. The number of rotatable bonds is 6. The normalized spacial score (nSPS) is 25.2. The highest BCUT2D eigenvalue weighted by Gasteiger charge is 2.41. The van der Waals surface area contributed by atoms with Crippen molar-refractivity contribution in [2.45, 2.75) is 44.3 Å². The van der Waals surface area contributed by atoms with Crippen molar-refractivity contribution in [1.82, 2.24) is 29.5 Å². The lowest BCUT2D eigenvalue weighted by atomic mass is 9.86. The third-order valence-electron chi connectivity index (χ3n) is 5.60. The summed E-state index contributed by atoms with van der Waals surface area (Å²) in [6.45, 7) is 3.16. The van der Waals surface area contributed by atoms with E-state index in [-0.39, 0.29) is 0 Å². The van der Waals surface area contributed by atoms with Crippen LogP contribution in [0.3, 0.4) is 0 Å². The molecule has 1 saturated carbocycles. The number of likely N-dealkylation sites (tertiary alicyclic amines) is 1. The quantitative estimate of drug-likeness (QED) is 0.879. The van der Waals surface area contributed by atoms with Gasteiger partial charge in [-0.15, -0.1) is 0 Å². The molecule has 6 heteroatoms. The van der Waals surface area contributed by atoms with Crippen molar-refractivity contribution in [3.8, 4) is 0 Å². The van der Waals surface area contributed by atoms with Gasteiger partial charge in [0.05, 0.1) is 23.8 Å². The van der Waals surface area contributed by atoms with Gasteiger partial charge in [0.2, 0.25) is 0 Å². The van der Waals surface area contributed by atoms with Crippen molar-refractivity contribution in [3.63, 3.8) is 0 Å². The molecule has 1 aliphatic heterocycles. The fourth-order valence-corrected chi connectivity index (χ4v) is 4.16. The third kappa shape index (κ3) is 3.13. The summed E-state index contributed by atoms with van der Waals surface area (Å²) in [6.07, 6.45) is 11.1. The van der Waals surface area contributed by atoms with Crippen LogP contribution in [0, 0.1) is 5.92 Å². The maximum absolute atomic E-state index is 4.43. The first kappa shape index (κ1) is 15.8. The number of hydrogen-bond acceptors (Lipinski definition) is 4. The molecular formula is C18H28N6. The Morgan fingerprint density at radius 2 is 2.12 bits per heavy atom. The maximum atomic E-state index is 4.43. The lowest BCUT2D eigenvalue weighted by Crippen LogP contribution is -2.44. The number of aryl methyl sites for hydroxylation is 2. The molecule has 0 unspecified atom stereocenters.